The molecule has 0 spiro atoms. The second-order valence-corrected chi connectivity index (χ2v) is 2.06. The average molecular weight is 176 g/mol. The Bertz CT molecular complexity index is 188. The summed E-state index contributed by atoms with van der Waals surface area (Å²) in [5.74, 6) is -0.699. The van der Waals surface area contributed by atoms with E-state index in [-0.39, 0.29) is 19.8 Å². The van der Waals surface area contributed by atoms with Gasteiger partial charge in [-0.25, -0.2) is 9.59 Å². The summed E-state index contributed by atoms with van der Waals surface area (Å²) in [6, 6.07) is 0. The largest absolute Gasteiger partial charge is 0.509 e. The minimum absolute atomic E-state index is 0.104. The van der Waals surface area contributed by atoms with Gasteiger partial charge in [0.05, 0.1) is 6.61 Å². The quantitative estimate of drug-likeness (QED) is 0.558. The lowest BCUT2D eigenvalue weighted by atomic mass is 10.4. The maximum atomic E-state index is 10.9. The molecule has 1 unspecified atom stereocenters. The van der Waals surface area contributed by atoms with Crippen LogP contribution in [0.2, 0.25) is 0 Å². The van der Waals surface area contributed by atoms with Crippen molar-refractivity contribution in [1.29, 1.82) is 0 Å². The molecule has 1 aliphatic rings. The van der Waals surface area contributed by atoms with E-state index < -0.39 is 18.2 Å². The number of aliphatic hydroxyl groups excluding tert-OH is 1. The molecule has 12 heavy (non-hydrogen) atoms. The van der Waals surface area contributed by atoms with Crippen LogP contribution < -0.4 is 0 Å². The highest BCUT2D eigenvalue weighted by atomic mass is 16.8. The van der Waals surface area contributed by atoms with Crippen molar-refractivity contribution in [2.75, 3.05) is 19.8 Å². The van der Waals surface area contributed by atoms with E-state index >= 15 is 0 Å². The molecule has 0 aromatic heterocycles. The van der Waals surface area contributed by atoms with Crippen molar-refractivity contribution in [3.8, 4) is 0 Å². The molecule has 1 aliphatic heterocycles. The molecule has 1 fully saturated rings. The summed E-state index contributed by atoms with van der Waals surface area (Å²) in [6.07, 6.45) is -1.86. The minimum atomic E-state index is -0.982. The molecule has 68 valence electrons. The highest BCUT2D eigenvalue weighted by Gasteiger charge is 2.32. The molecule has 1 atom stereocenters. The van der Waals surface area contributed by atoms with Gasteiger partial charge in [-0.1, -0.05) is 0 Å². The van der Waals surface area contributed by atoms with Gasteiger partial charge >= 0.3 is 12.1 Å². The molecule has 1 saturated heterocycles. The molecule has 0 saturated carbocycles. The van der Waals surface area contributed by atoms with Crippen molar-refractivity contribution in [3.63, 3.8) is 0 Å². The SMILES string of the molecule is O=C1OCC(C(=O)OCCO)O1. The van der Waals surface area contributed by atoms with Gasteiger partial charge in [-0.2, -0.15) is 0 Å². The van der Waals surface area contributed by atoms with E-state index in [2.05, 4.69) is 14.2 Å². The normalized spacial score (nSPS) is 21.4. The Balaban J connectivity index is 2.28. The second kappa shape index (κ2) is 3.91. The zero-order valence-electron chi connectivity index (χ0n) is 6.19. The fraction of sp³-hybridized carbons (Fsp3) is 0.667. The first-order valence-electron chi connectivity index (χ1n) is 3.35. The van der Waals surface area contributed by atoms with Gasteiger partial charge in [0.15, 0.2) is 0 Å². The first-order valence-corrected chi connectivity index (χ1v) is 3.35. The lowest BCUT2D eigenvalue weighted by Crippen LogP contribution is -2.26. The smallest absolute Gasteiger partial charge is 0.460 e. The van der Waals surface area contributed by atoms with Gasteiger partial charge in [0.25, 0.3) is 0 Å². The van der Waals surface area contributed by atoms with Crippen LogP contribution in [-0.2, 0) is 19.0 Å². The van der Waals surface area contributed by atoms with Gasteiger partial charge in [-0.05, 0) is 0 Å². The Labute approximate surface area is 68.0 Å². The van der Waals surface area contributed by atoms with Crippen molar-refractivity contribution in [3.05, 3.63) is 0 Å². The Kier molecular flexibility index (Phi) is 2.87. The van der Waals surface area contributed by atoms with Gasteiger partial charge in [-0.3, -0.25) is 0 Å². The zero-order valence-corrected chi connectivity index (χ0v) is 6.19. The second-order valence-electron chi connectivity index (χ2n) is 2.06. The fourth-order valence-electron chi connectivity index (χ4n) is 0.683. The van der Waals surface area contributed by atoms with Gasteiger partial charge in [0, 0.05) is 0 Å². The van der Waals surface area contributed by atoms with E-state index in [1.807, 2.05) is 0 Å². The summed E-state index contributed by atoms with van der Waals surface area (Å²) in [5.41, 5.74) is 0. The van der Waals surface area contributed by atoms with E-state index in [0.29, 0.717) is 0 Å². The maximum absolute atomic E-state index is 10.9. The monoisotopic (exact) mass is 176 g/mol. The van der Waals surface area contributed by atoms with Gasteiger partial charge in [0.1, 0.15) is 13.2 Å². The van der Waals surface area contributed by atoms with Crippen LogP contribution in [0.3, 0.4) is 0 Å². The van der Waals surface area contributed by atoms with E-state index in [1.165, 1.54) is 0 Å². The van der Waals surface area contributed by atoms with Crippen LogP contribution in [0.25, 0.3) is 0 Å². The van der Waals surface area contributed by atoms with Crippen LogP contribution >= 0.6 is 0 Å². The van der Waals surface area contributed by atoms with Gasteiger partial charge < -0.3 is 19.3 Å². The summed E-state index contributed by atoms with van der Waals surface area (Å²) in [4.78, 5) is 21.2. The molecule has 1 rings (SSSR count). The number of hydrogen-bond acceptors (Lipinski definition) is 6. The lowest BCUT2D eigenvalue weighted by molar-refractivity contribution is -0.152. The highest BCUT2D eigenvalue weighted by Crippen LogP contribution is 2.07. The van der Waals surface area contributed by atoms with E-state index in [1.54, 1.807) is 0 Å². The summed E-state index contributed by atoms with van der Waals surface area (Å²) >= 11 is 0. The molecule has 6 nitrogen and oxygen atoms in total. The molecular weight excluding hydrogens is 168 g/mol. The molecular formula is C6H8O6. The summed E-state index contributed by atoms with van der Waals surface area (Å²) < 4.78 is 13.2. The number of hydrogen-bond donors (Lipinski definition) is 1. The van der Waals surface area contributed by atoms with E-state index in [0.717, 1.165) is 0 Å². The number of ether oxygens (including phenoxy) is 3. The average Bonchev–Trinajstić information content (AvgIpc) is 2.47. The first kappa shape index (κ1) is 8.79. The van der Waals surface area contributed by atoms with Crippen molar-refractivity contribution < 1.29 is 28.9 Å². The third-order valence-electron chi connectivity index (χ3n) is 1.19. The lowest BCUT2D eigenvalue weighted by Gasteiger charge is -2.04. The Morgan fingerprint density at radius 2 is 2.50 bits per heavy atom. The predicted octanol–water partition coefficient (Wildman–Crippen LogP) is -0.943. The Morgan fingerprint density at radius 3 is 3.00 bits per heavy atom. The van der Waals surface area contributed by atoms with E-state index in [4.69, 9.17) is 5.11 Å². The molecule has 1 N–H and O–H groups in total. The summed E-state index contributed by atoms with van der Waals surface area (Å²) in [7, 11) is 0. The molecule has 0 aromatic rings. The van der Waals surface area contributed by atoms with Crippen molar-refractivity contribution in [2.45, 2.75) is 6.10 Å². The summed E-state index contributed by atoms with van der Waals surface area (Å²) in [5, 5.41) is 8.29. The predicted molar refractivity (Wildman–Crippen MR) is 34.3 cm³/mol. The van der Waals surface area contributed by atoms with Crippen LogP contribution in [0, 0.1) is 0 Å². The third kappa shape index (κ3) is 2.09. The third-order valence-corrected chi connectivity index (χ3v) is 1.19. The zero-order chi connectivity index (χ0) is 8.97. The number of carbonyl (C=O) groups is 2. The minimum Gasteiger partial charge on any atom is -0.460 e. The van der Waals surface area contributed by atoms with Crippen LogP contribution in [0.5, 0.6) is 0 Å². The fourth-order valence-corrected chi connectivity index (χ4v) is 0.683. The van der Waals surface area contributed by atoms with Crippen molar-refractivity contribution >= 4 is 12.1 Å². The number of cyclic esters (lactones) is 2. The first-order chi connectivity index (χ1) is 5.74. The van der Waals surface area contributed by atoms with Crippen LogP contribution in [0.1, 0.15) is 0 Å². The molecule has 0 radical (unpaired) electrons. The standard InChI is InChI=1S/C6H8O6/c7-1-2-10-5(8)4-3-11-6(9)12-4/h4,7H,1-3H2. The van der Waals surface area contributed by atoms with E-state index in [9.17, 15) is 9.59 Å². The van der Waals surface area contributed by atoms with Crippen LogP contribution in [0.4, 0.5) is 4.79 Å². The topological polar surface area (TPSA) is 82.1 Å². The van der Waals surface area contributed by atoms with Crippen molar-refractivity contribution in [1.82, 2.24) is 0 Å². The summed E-state index contributed by atoms with van der Waals surface area (Å²) in [6.45, 7) is -0.483. The van der Waals surface area contributed by atoms with Crippen LogP contribution in [-0.4, -0.2) is 43.2 Å². The Morgan fingerprint density at radius 1 is 1.75 bits per heavy atom. The number of esters is 1. The number of carbonyl (C=O) groups excluding carboxylic acids is 2. The molecule has 0 aromatic carbocycles. The Hall–Kier alpha value is -1.30. The highest BCUT2D eigenvalue weighted by molar-refractivity contribution is 5.79. The number of rotatable bonds is 3. The molecule has 0 amide bonds. The maximum Gasteiger partial charge on any atom is 0.509 e. The van der Waals surface area contributed by atoms with Gasteiger partial charge in [-0.15, -0.1) is 0 Å². The van der Waals surface area contributed by atoms with Crippen LogP contribution in [0.15, 0.2) is 0 Å². The molecule has 0 aliphatic carbocycles. The molecule has 6 heteroatoms. The molecule has 0 bridgehead atoms. The molecule has 1 heterocycles. The number of aliphatic hydroxyl groups is 1. The van der Waals surface area contributed by atoms with Crippen molar-refractivity contribution in [2.24, 2.45) is 0 Å². The van der Waals surface area contributed by atoms with Gasteiger partial charge in [0.2, 0.25) is 6.10 Å².